The molecule has 6 heteroatoms. The highest BCUT2D eigenvalue weighted by atomic mass is 79.9. The van der Waals surface area contributed by atoms with Gasteiger partial charge in [-0.05, 0) is 54.9 Å². The fourth-order valence-corrected chi connectivity index (χ4v) is 3.55. The Labute approximate surface area is 135 Å². The predicted molar refractivity (Wildman–Crippen MR) is 86.2 cm³/mol. The highest BCUT2D eigenvalue weighted by Gasteiger charge is 2.18. The standard InChI is InChI=1S/C15H16BrNO3S/c1-4-17-9(2)7-11(10(17)3)15(19)20-8-12(18)13-5-6-14(16)21-13/h5-7H,4,8H2,1-3H3. The number of halogens is 1. The predicted octanol–water partition coefficient (Wildman–Crippen LogP) is 3.99. The Morgan fingerprint density at radius 1 is 1.33 bits per heavy atom. The van der Waals surface area contributed by atoms with Crippen LogP contribution in [0.4, 0.5) is 0 Å². The summed E-state index contributed by atoms with van der Waals surface area (Å²) in [6.07, 6.45) is 0. The molecule has 0 saturated heterocycles. The second kappa shape index (κ2) is 6.58. The van der Waals surface area contributed by atoms with Crippen LogP contribution in [0.2, 0.25) is 0 Å². The van der Waals surface area contributed by atoms with Gasteiger partial charge in [0.25, 0.3) is 0 Å². The third kappa shape index (κ3) is 3.44. The number of carbonyl (C=O) groups is 2. The quantitative estimate of drug-likeness (QED) is 0.591. The molecule has 2 heterocycles. The van der Waals surface area contributed by atoms with E-state index in [2.05, 4.69) is 15.9 Å². The molecular weight excluding hydrogens is 354 g/mol. The molecule has 0 spiro atoms. The van der Waals surface area contributed by atoms with Gasteiger partial charge in [0.05, 0.1) is 14.2 Å². The van der Waals surface area contributed by atoms with Gasteiger partial charge in [-0.15, -0.1) is 11.3 Å². The maximum absolute atomic E-state index is 12.1. The number of thiophene rings is 1. The largest absolute Gasteiger partial charge is 0.454 e. The lowest BCUT2D eigenvalue weighted by atomic mass is 10.2. The van der Waals surface area contributed by atoms with Gasteiger partial charge < -0.3 is 9.30 Å². The minimum Gasteiger partial charge on any atom is -0.454 e. The first kappa shape index (κ1) is 16.0. The zero-order valence-electron chi connectivity index (χ0n) is 12.1. The van der Waals surface area contributed by atoms with E-state index in [1.165, 1.54) is 11.3 Å². The number of esters is 1. The fourth-order valence-electron chi connectivity index (χ4n) is 2.24. The average Bonchev–Trinajstić information content (AvgIpc) is 3.00. The summed E-state index contributed by atoms with van der Waals surface area (Å²) in [5.41, 5.74) is 2.40. The molecule has 2 rings (SSSR count). The Kier molecular flexibility index (Phi) is 5.00. The average molecular weight is 370 g/mol. The van der Waals surface area contributed by atoms with Crippen LogP contribution in [0.1, 0.15) is 38.3 Å². The summed E-state index contributed by atoms with van der Waals surface area (Å²) in [6.45, 7) is 6.41. The topological polar surface area (TPSA) is 48.3 Å². The van der Waals surface area contributed by atoms with Gasteiger partial charge in [-0.3, -0.25) is 4.79 Å². The van der Waals surface area contributed by atoms with Crippen molar-refractivity contribution < 1.29 is 14.3 Å². The zero-order valence-corrected chi connectivity index (χ0v) is 14.5. The summed E-state index contributed by atoms with van der Waals surface area (Å²) in [7, 11) is 0. The molecule has 0 unspecified atom stereocenters. The van der Waals surface area contributed by atoms with Gasteiger partial charge in [-0.1, -0.05) is 0 Å². The van der Waals surface area contributed by atoms with Crippen LogP contribution in [0.5, 0.6) is 0 Å². The van der Waals surface area contributed by atoms with E-state index in [0.717, 1.165) is 21.7 Å². The highest BCUT2D eigenvalue weighted by Crippen LogP contribution is 2.22. The Hall–Kier alpha value is -1.40. The number of ketones is 1. The summed E-state index contributed by atoms with van der Waals surface area (Å²) in [4.78, 5) is 24.6. The molecule has 0 saturated carbocycles. The molecule has 0 fully saturated rings. The molecule has 0 aliphatic heterocycles. The van der Waals surface area contributed by atoms with Crippen LogP contribution in [0.3, 0.4) is 0 Å². The second-order valence-electron chi connectivity index (χ2n) is 4.63. The van der Waals surface area contributed by atoms with Gasteiger partial charge in [0.1, 0.15) is 0 Å². The number of nitrogens with zero attached hydrogens (tertiary/aromatic N) is 1. The normalized spacial score (nSPS) is 10.7. The lowest BCUT2D eigenvalue weighted by Gasteiger charge is -2.06. The minimum atomic E-state index is -0.452. The molecule has 0 N–H and O–H groups in total. The monoisotopic (exact) mass is 369 g/mol. The van der Waals surface area contributed by atoms with Gasteiger partial charge in [-0.25, -0.2) is 4.79 Å². The first-order valence-electron chi connectivity index (χ1n) is 6.56. The summed E-state index contributed by atoms with van der Waals surface area (Å²) < 4.78 is 8.05. The number of ether oxygens (including phenoxy) is 1. The molecule has 4 nitrogen and oxygen atoms in total. The van der Waals surface area contributed by atoms with Crippen LogP contribution in [-0.2, 0) is 11.3 Å². The van der Waals surface area contributed by atoms with Crippen molar-refractivity contribution in [2.24, 2.45) is 0 Å². The molecule has 0 aliphatic carbocycles. The molecule has 2 aromatic heterocycles. The molecule has 0 radical (unpaired) electrons. The van der Waals surface area contributed by atoms with Crippen molar-refractivity contribution in [3.63, 3.8) is 0 Å². The van der Waals surface area contributed by atoms with Crippen molar-refractivity contribution in [1.29, 1.82) is 0 Å². The van der Waals surface area contributed by atoms with Crippen LogP contribution in [0, 0.1) is 13.8 Å². The number of aryl methyl sites for hydroxylation is 1. The smallest absolute Gasteiger partial charge is 0.340 e. The SMILES string of the molecule is CCn1c(C)cc(C(=O)OCC(=O)c2ccc(Br)s2)c1C. The Balaban J connectivity index is 2.04. The fraction of sp³-hybridized carbons (Fsp3) is 0.333. The van der Waals surface area contributed by atoms with Crippen LogP contribution >= 0.6 is 27.3 Å². The third-order valence-corrected chi connectivity index (χ3v) is 4.96. The van der Waals surface area contributed by atoms with Crippen molar-refractivity contribution in [1.82, 2.24) is 4.57 Å². The lowest BCUT2D eigenvalue weighted by molar-refractivity contribution is 0.0475. The van der Waals surface area contributed by atoms with E-state index in [0.29, 0.717) is 10.4 Å². The van der Waals surface area contributed by atoms with E-state index in [1.54, 1.807) is 18.2 Å². The molecule has 0 atom stereocenters. The molecule has 21 heavy (non-hydrogen) atoms. The molecule has 0 amide bonds. The van der Waals surface area contributed by atoms with E-state index in [9.17, 15) is 9.59 Å². The van der Waals surface area contributed by atoms with Crippen molar-refractivity contribution in [2.45, 2.75) is 27.3 Å². The Morgan fingerprint density at radius 3 is 2.57 bits per heavy atom. The summed E-state index contributed by atoms with van der Waals surface area (Å²) >= 11 is 4.63. The number of aromatic nitrogens is 1. The van der Waals surface area contributed by atoms with E-state index in [1.807, 2.05) is 25.3 Å². The molecule has 0 bridgehead atoms. The zero-order chi connectivity index (χ0) is 15.6. The number of rotatable bonds is 5. The summed E-state index contributed by atoms with van der Waals surface area (Å²) in [5, 5.41) is 0. The maximum Gasteiger partial charge on any atom is 0.340 e. The van der Waals surface area contributed by atoms with E-state index < -0.39 is 5.97 Å². The second-order valence-corrected chi connectivity index (χ2v) is 7.10. The summed E-state index contributed by atoms with van der Waals surface area (Å²) in [6, 6.07) is 5.32. The number of hydrogen-bond acceptors (Lipinski definition) is 4. The number of Topliss-reactive ketones (excluding diaryl/α,β-unsaturated/α-hetero) is 1. The lowest BCUT2D eigenvalue weighted by Crippen LogP contribution is -2.14. The van der Waals surface area contributed by atoms with Gasteiger partial charge in [0, 0.05) is 17.9 Å². The number of hydrogen-bond donors (Lipinski definition) is 0. The van der Waals surface area contributed by atoms with Crippen LogP contribution < -0.4 is 0 Å². The first-order valence-corrected chi connectivity index (χ1v) is 8.17. The van der Waals surface area contributed by atoms with Crippen molar-refractivity contribution >= 4 is 39.0 Å². The Morgan fingerprint density at radius 2 is 2.05 bits per heavy atom. The molecule has 2 aromatic rings. The first-order chi connectivity index (χ1) is 9.93. The van der Waals surface area contributed by atoms with E-state index >= 15 is 0 Å². The van der Waals surface area contributed by atoms with Crippen molar-refractivity contribution in [3.05, 3.63) is 43.8 Å². The van der Waals surface area contributed by atoms with E-state index in [-0.39, 0.29) is 12.4 Å². The highest BCUT2D eigenvalue weighted by molar-refractivity contribution is 9.11. The molecule has 0 aromatic carbocycles. The van der Waals surface area contributed by atoms with Crippen molar-refractivity contribution in [2.75, 3.05) is 6.61 Å². The molecule has 0 aliphatic rings. The van der Waals surface area contributed by atoms with Crippen LogP contribution in [-0.4, -0.2) is 22.9 Å². The molecule has 112 valence electrons. The molecular formula is C15H16BrNO3S. The van der Waals surface area contributed by atoms with Gasteiger partial charge in [0.15, 0.2) is 6.61 Å². The Bertz CT molecular complexity index is 687. The van der Waals surface area contributed by atoms with Gasteiger partial charge >= 0.3 is 5.97 Å². The van der Waals surface area contributed by atoms with E-state index in [4.69, 9.17) is 4.74 Å². The van der Waals surface area contributed by atoms with Crippen LogP contribution in [0.25, 0.3) is 0 Å². The van der Waals surface area contributed by atoms with Gasteiger partial charge in [0.2, 0.25) is 5.78 Å². The van der Waals surface area contributed by atoms with Crippen LogP contribution in [0.15, 0.2) is 22.0 Å². The minimum absolute atomic E-state index is 0.191. The van der Waals surface area contributed by atoms with Gasteiger partial charge in [-0.2, -0.15) is 0 Å². The summed E-state index contributed by atoms with van der Waals surface area (Å²) in [5.74, 6) is -0.643. The van der Waals surface area contributed by atoms with Crippen molar-refractivity contribution in [3.8, 4) is 0 Å². The maximum atomic E-state index is 12.1. The number of carbonyl (C=O) groups excluding carboxylic acids is 2. The third-order valence-electron chi connectivity index (χ3n) is 3.29.